The number of amides is 3. The molecule has 1 aliphatic rings. The molecule has 1 fully saturated rings. The van der Waals surface area contributed by atoms with Gasteiger partial charge >= 0.3 is 0 Å². The maximum Gasteiger partial charge on any atom is 0.291 e. The van der Waals surface area contributed by atoms with Crippen molar-refractivity contribution in [2.24, 2.45) is 7.05 Å². The van der Waals surface area contributed by atoms with E-state index < -0.39 is 23.6 Å². The Morgan fingerprint density at radius 3 is 2.40 bits per heavy atom. The van der Waals surface area contributed by atoms with Gasteiger partial charge in [0.1, 0.15) is 0 Å². The highest BCUT2D eigenvalue weighted by Crippen LogP contribution is 2.30. The zero-order valence-corrected chi connectivity index (χ0v) is 26.5. The van der Waals surface area contributed by atoms with Crippen LogP contribution in [-0.2, 0) is 11.8 Å². The van der Waals surface area contributed by atoms with E-state index in [0.717, 1.165) is 6.54 Å². The van der Waals surface area contributed by atoms with Gasteiger partial charge in [-0.1, -0.05) is 11.6 Å². The molecule has 0 spiro atoms. The molecule has 3 N–H and O–H groups in total. The van der Waals surface area contributed by atoms with E-state index in [1.165, 1.54) is 60.2 Å². The number of hydrogen-bond acceptors (Lipinski definition) is 6. The van der Waals surface area contributed by atoms with Crippen LogP contribution in [0, 0.1) is 11.6 Å². The third-order valence-electron chi connectivity index (χ3n) is 7.78. The molecule has 3 amide bonds. The van der Waals surface area contributed by atoms with Gasteiger partial charge in [-0.2, -0.15) is 4.39 Å². The molecule has 0 saturated carbocycles. The first-order chi connectivity index (χ1) is 21.4. The predicted molar refractivity (Wildman–Crippen MR) is 165 cm³/mol. The van der Waals surface area contributed by atoms with Crippen LogP contribution >= 0.6 is 11.6 Å². The van der Waals surface area contributed by atoms with Gasteiger partial charge in [0, 0.05) is 57.3 Å². The van der Waals surface area contributed by atoms with E-state index >= 15 is 0 Å². The van der Waals surface area contributed by atoms with Gasteiger partial charge in [-0.05, 0) is 36.8 Å². The van der Waals surface area contributed by atoms with E-state index in [2.05, 4.69) is 10.3 Å². The number of anilines is 1. The second-order valence-electron chi connectivity index (χ2n) is 11.2. The highest BCUT2D eigenvalue weighted by Gasteiger charge is 2.27. The summed E-state index contributed by atoms with van der Waals surface area (Å²) in [7, 11) is 6.75. The average molecular weight is 648 g/mol. The number of methoxy groups -OCH3 is 1. The van der Waals surface area contributed by atoms with Crippen LogP contribution in [-0.4, -0.2) is 102 Å². The van der Waals surface area contributed by atoms with E-state index in [-0.39, 0.29) is 51.7 Å². The largest absolute Gasteiger partial charge is 0.494 e. The van der Waals surface area contributed by atoms with Crippen LogP contribution in [0.1, 0.15) is 40.2 Å². The quantitative estimate of drug-likeness (QED) is 0.294. The first-order valence-electron chi connectivity index (χ1n) is 14.6. The number of halogens is 3. The number of aliphatic hydroxyl groups is 1. The van der Waals surface area contributed by atoms with Crippen molar-refractivity contribution in [2.45, 2.75) is 25.4 Å². The van der Waals surface area contributed by atoms with Crippen LogP contribution < -0.4 is 15.0 Å². The summed E-state index contributed by atoms with van der Waals surface area (Å²) in [6.07, 6.45) is 2.05. The SMILES string of the molecule is COc1ccc(-c2cnc(C(=O)Nc3ccc(C(=O)N4CCN(C(=O)CC[C@H](O)CC[NH+](C)C)CC4)c(Cl)c3)n2C)c(F)c1F. The van der Waals surface area contributed by atoms with E-state index in [1.807, 2.05) is 14.1 Å². The Labute approximate surface area is 265 Å². The lowest BCUT2D eigenvalue weighted by Gasteiger charge is -2.35. The molecule has 1 aromatic heterocycles. The summed E-state index contributed by atoms with van der Waals surface area (Å²) in [6, 6.07) is 7.10. The van der Waals surface area contributed by atoms with E-state index in [0.29, 0.717) is 44.7 Å². The predicted octanol–water partition coefficient (Wildman–Crippen LogP) is 2.24. The fourth-order valence-corrected chi connectivity index (χ4v) is 5.35. The number of rotatable bonds is 11. The van der Waals surface area contributed by atoms with Gasteiger partial charge in [-0.25, -0.2) is 9.37 Å². The summed E-state index contributed by atoms with van der Waals surface area (Å²) in [4.78, 5) is 47.5. The molecule has 14 heteroatoms. The molecule has 3 aromatic rings. The maximum atomic E-state index is 14.6. The third kappa shape index (κ3) is 7.96. The molecule has 45 heavy (non-hydrogen) atoms. The molecule has 2 aromatic carbocycles. The summed E-state index contributed by atoms with van der Waals surface area (Å²) in [6.45, 7) is 2.27. The molecular formula is C31H38ClF2N6O5+. The van der Waals surface area contributed by atoms with Crippen LogP contribution in [0.2, 0.25) is 5.02 Å². The highest BCUT2D eigenvalue weighted by molar-refractivity contribution is 6.34. The van der Waals surface area contributed by atoms with Gasteiger partial charge in [-0.15, -0.1) is 0 Å². The fraction of sp³-hybridized carbons (Fsp3) is 0.419. The number of aromatic nitrogens is 2. The molecule has 0 unspecified atom stereocenters. The standard InChI is InChI=1S/C31H37ClF2N6O5/c1-37(2)12-11-20(41)6-10-26(42)39-13-15-40(16-14-39)31(44)21-7-5-19(17-23(21)32)36-30(43)29-35-18-24(38(29)3)22-8-9-25(45-4)28(34)27(22)33/h5,7-9,17-18,20,41H,6,10-16H2,1-4H3,(H,36,43)/p+1/t20-/m0/s1. The molecule has 1 atom stereocenters. The molecule has 0 bridgehead atoms. The number of ether oxygens (including phenoxy) is 1. The number of aliphatic hydroxyl groups excluding tert-OH is 1. The topological polar surface area (TPSA) is 121 Å². The fourth-order valence-electron chi connectivity index (χ4n) is 5.09. The Balaban J connectivity index is 1.33. The van der Waals surface area contributed by atoms with Crippen molar-refractivity contribution in [2.75, 3.05) is 59.2 Å². The molecule has 242 valence electrons. The summed E-state index contributed by atoms with van der Waals surface area (Å²) >= 11 is 6.44. The number of nitrogens with one attached hydrogen (secondary N) is 2. The highest BCUT2D eigenvalue weighted by atomic mass is 35.5. The number of imidazole rings is 1. The number of quaternary nitrogens is 1. The van der Waals surface area contributed by atoms with Crippen LogP contribution in [0.25, 0.3) is 11.3 Å². The lowest BCUT2D eigenvalue weighted by atomic mass is 10.1. The van der Waals surface area contributed by atoms with Crippen molar-refractivity contribution < 1.29 is 37.9 Å². The lowest BCUT2D eigenvalue weighted by molar-refractivity contribution is -0.858. The summed E-state index contributed by atoms with van der Waals surface area (Å²) < 4.78 is 35.0. The minimum absolute atomic E-state index is 0.0439. The number of benzene rings is 2. The van der Waals surface area contributed by atoms with Gasteiger partial charge in [0.15, 0.2) is 17.4 Å². The molecule has 11 nitrogen and oxygen atoms in total. The Morgan fingerprint density at radius 1 is 1.07 bits per heavy atom. The van der Waals surface area contributed by atoms with Crippen molar-refractivity contribution in [1.82, 2.24) is 19.4 Å². The average Bonchev–Trinajstić information content (AvgIpc) is 3.40. The van der Waals surface area contributed by atoms with Crippen LogP contribution in [0.5, 0.6) is 5.75 Å². The molecule has 1 aliphatic heterocycles. The first-order valence-corrected chi connectivity index (χ1v) is 15.0. The number of nitrogens with zero attached hydrogens (tertiary/aromatic N) is 4. The smallest absolute Gasteiger partial charge is 0.291 e. The Hall–Kier alpha value is -4.07. The molecule has 0 aliphatic carbocycles. The number of carbonyl (C=O) groups excluding carboxylic acids is 3. The molecule has 0 radical (unpaired) electrons. The monoisotopic (exact) mass is 647 g/mol. The first kappa shape index (κ1) is 33.8. The molecule has 4 rings (SSSR count). The zero-order chi connectivity index (χ0) is 32.8. The molecular weight excluding hydrogens is 610 g/mol. The van der Waals surface area contributed by atoms with Crippen molar-refractivity contribution in [3.05, 3.63) is 64.6 Å². The van der Waals surface area contributed by atoms with Gasteiger partial charge in [-0.3, -0.25) is 14.4 Å². The Kier molecular flexibility index (Phi) is 11.1. The maximum absolute atomic E-state index is 14.6. The third-order valence-corrected chi connectivity index (χ3v) is 8.09. The number of carbonyl (C=O) groups is 3. The van der Waals surface area contributed by atoms with E-state index in [9.17, 15) is 28.3 Å². The van der Waals surface area contributed by atoms with Crippen molar-refractivity contribution in [1.29, 1.82) is 0 Å². The molecule has 2 heterocycles. The van der Waals surface area contributed by atoms with Crippen LogP contribution in [0.4, 0.5) is 14.5 Å². The second kappa shape index (κ2) is 14.8. The summed E-state index contributed by atoms with van der Waals surface area (Å²) in [5.41, 5.74) is 0.640. The van der Waals surface area contributed by atoms with Crippen molar-refractivity contribution >= 4 is 35.0 Å². The van der Waals surface area contributed by atoms with E-state index in [4.69, 9.17) is 16.3 Å². The van der Waals surface area contributed by atoms with Gasteiger partial charge in [0.05, 0.1) is 56.3 Å². The lowest BCUT2D eigenvalue weighted by Crippen LogP contribution is -3.05. The summed E-state index contributed by atoms with van der Waals surface area (Å²) in [5.74, 6) is -3.55. The van der Waals surface area contributed by atoms with Gasteiger partial charge in [0.25, 0.3) is 11.8 Å². The minimum Gasteiger partial charge on any atom is -0.494 e. The van der Waals surface area contributed by atoms with Crippen LogP contribution in [0.3, 0.4) is 0 Å². The summed E-state index contributed by atoms with van der Waals surface area (Å²) in [5, 5.41) is 12.9. The Morgan fingerprint density at radius 2 is 1.76 bits per heavy atom. The van der Waals surface area contributed by atoms with Crippen molar-refractivity contribution in [3.8, 4) is 17.0 Å². The van der Waals surface area contributed by atoms with E-state index in [1.54, 1.807) is 9.80 Å². The van der Waals surface area contributed by atoms with Gasteiger partial charge < -0.3 is 34.4 Å². The van der Waals surface area contributed by atoms with Crippen LogP contribution in [0.15, 0.2) is 36.5 Å². The zero-order valence-electron chi connectivity index (χ0n) is 25.7. The van der Waals surface area contributed by atoms with Crippen molar-refractivity contribution in [3.63, 3.8) is 0 Å². The minimum atomic E-state index is -1.15. The number of piperazine rings is 1. The molecule has 1 saturated heterocycles. The Bertz CT molecular complexity index is 1560. The van der Waals surface area contributed by atoms with Gasteiger partial charge in [0.2, 0.25) is 11.7 Å². The normalized spacial score (nSPS) is 14.1. The second-order valence-corrected chi connectivity index (χ2v) is 11.6. The number of hydrogen-bond donors (Lipinski definition) is 3.